The third kappa shape index (κ3) is 3.18. The highest BCUT2D eigenvalue weighted by Crippen LogP contribution is 2.20. The Kier molecular flexibility index (Phi) is 4.83. The first kappa shape index (κ1) is 15.8. The maximum absolute atomic E-state index is 12.5. The number of benzene rings is 1. The minimum absolute atomic E-state index is 0.00511. The number of nitrogens with zero attached hydrogens (tertiary/aromatic N) is 3. The molecular formula is C16H20BrN3O. The molecule has 0 aliphatic rings. The van der Waals surface area contributed by atoms with E-state index in [9.17, 15) is 4.79 Å². The van der Waals surface area contributed by atoms with Crippen molar-refractivity contribution in [3.05, 3.63) is 51.3 Å². The molecule has 0 fully saturated rings. The van der Waals surface area contributed by atoms with Crippen molar-refractivity contribution in [2.24, 2.45) is 0 Å². The second-order valence-corrected chi connectivity index (χ2v) is 5.96. The summed E-state index contributed by atoms with van der Waals surface area (Å²) in [4.78, 5) is 14.3. The number of rotatable bonds is 4. The van der Waals surface area contributed by atoms with Gasteiger partial charge in [-0.15, -0.1) is 0 Å². The summed E-state index contributed by atoms with van der Waals surface area (Å²) in [5, 5.41) is 4.50. The van der Waals surface area contributed by atoms with Crippen LogP contribution >= 0.6 is 15.9 Å². The van der Waals surface area contributed by atoms with Gasteiger partial charge in [0.25, 0.3) is 5.91 Å². The molecule has 0 aliphatic heterocycles. The second-order valence-electron chi connectivity index (χ2n) is 5.11. The van der Waals surface area contributed by atoms with Crippen molar-refractivity contribution < 1.29 is 4.79 Å². The molecule has 0 N–H and O–H groups in total. The fourth-order valence-corrected chi connectivity index (χ4v) is 2.87. The molecule has 4 nitrogen and oxygen atoms in total. The van der Waals surface area contributed by atoms with E-state index in [1.807, 2.05) is 42.9 Å². The van der Waals surface area contributed by atoms with E-state index in [4.69, 9.17) is 0 Å². The molecule has 1 amide bonds. The van der Waals surface area contributed by atoms with Gasteiger partial charge in [-0.3, -0.25) is 9.48 Å². The van der Waals surface area contributed by atoms with Crippen LogP contribution < -0.4 is 0 Å². The van der Waals surface area contributed by atoms with Crippen molar-refractivity contribution in [2.75, 3.05) is 7.05 Å². The van der Waals surface area contributed by atoms with E-state index < -0.39 is 0 Å². The van der Waals surface area contributed by atoms with Crippen molar-refractivity contribution in [1.82, 2.24) is 14.7 Å². The number of halogens is 1. The van der Waals surface area contributed by atoms with Crippen LogP contribution in [0.5, 0.6) is 0 Å². The van der Waals surface area contributed by atoms with E-state index in [-0.39, 0.29) is 5.91 Å². The molecular weight excluding hydrogens is 330 g/mol. The van der Waals surface area contributed by atoms with Crippen LogP contribution in [0, 0.1) is 13.8 Å². The quantitative estimate of drug-likeness (QED) is 0.846. The van der Waals surface area contributed by atoms with Crippen LogP contribution in [-0.2, 0) is 13.1 Å². The van der Waals surface area contributed by atoms with Crippen LogP contribution in [0.3, 0.4) is 0 Å². The smallest absolute Gasteiger partial charge is 0.255 e. The standard InChI is InChI=1S/C16H20BrN3O/c1-5-20-12(3)14(11(2)18-20)10-19(4)16(21)13-8-6-7-9-15(13)17/h6-9H,5,10H2,1-4H3. The number of carbonyl (C=O) groups is 1. The Morgan fingerprint density at radius 3 is 2.57 bits per heavy atom. The van der Waals surface area contributed by atoms with Crippen molar-refractivity contribution in [3.63, 3.8) is 0 Å². The lowest BCUT2D eigenvalue weighted by molar-refractivity contribution is 0.0784. The number of hydrogen-bond acceptors (Lipinski definition) is 2. The molecule has 21 heavy (non-hydrogen) atoms. The monoisotopic (exact) mass is 349 g/mol. The van der Waals surface area contributed by atoms with Crippen molar-refractivity contribution in [2.45, 2.75) is 33.9 Å². The van der Waals surface area contributed by atoms with Gasteiger partial charge in [0, 0.05) is 35.9 Å². The number of amides is 1. The Balaban J connectivity index is 2.22. The first-order chi connectivity index (χ1) is 9.95. The topological polar surface area (TPSA) is 38.1 Å². The van der Waals surface area contributed by atoms with Gasteiger partial charge in [-0.1, -0.05) is 12.1 Å². The van der Waals surface area contributed by atoms with Gasteiger partial charge < -0.3 is 4.90 Å². The third-order valence-corrected chi connectivity index (χ3v) is 4.37. The Morgan fingerprint density at radius 1 is 1.33 bits per heavy atom. The summed E-state index contributed by atoms with van der Waals surface area (Å²) in [6.07, 6.45) is 0. The fraction of sp³-hybridized carbons (Fsp3) is 0.375. The molecule has 0 saturated carbocycles. The molecule has 1 heterocycles. The predicted octanol–water partition coefficient (Wildman–Crippen LogP) is 3.55. The largest absolute Gasteiger partial charge is 0.337 e. The summed E-state index contributed by atoms with van der Waals surface area (Å²) >= 11 is 3.43. The highest BCUT2D eigenvalue weighted by Gasteiger charge is 2.18. The molecule has 2 rings (SSSR count). The summed E-state index contributed by atoms with van der Waals surface area (Å²) < 4.78 is 2.79. The van der Waals surface area contributed by atoms with Crippen LogP contribution in [-0.4, -0.2) is 27.6 Å². The molecule has 0 saturated heterocycles. The van der Waals surface area contributed by atoms with Crippen LogP contribution in [0.25, 0.3) is 0 Å². The summed E-state index contributed by atoms with van der Waals surface area (Å²) in [5.74, 6) is 0.00511. The Bertz CT molecular complexity index is 664. The second kappa shape index (κ2) is 6.43. The Morgan fingerprint density at radius 2 is 2.00 bits per heavy atom. The zero-order valence-corrected chi connectivity index (χ0v) is 14.4. The molecule has 2 aromatic rings. The van der Waals surface area contributed by atoms with E-state index in [0.717, 1.165) is 28.0 Å². The van der Waals surface area contributed by atoms with Crippen molar-refractivity contribution in [1.29, 1.82) is 0 Å². The molecule has 1 aromatic carbocycles. The van der Waals surface area contributed by atoms with E-state index in [1.54, 1.807) is 4.90 Å². The minimum Gasteiger partial charge on any atom is -0.337 e. The van der Waals surface area contributed by atoms with E-state index in [2.05, 4.69) is 34.9 Å². The number of hydrogen-bond donors (Lipinski definition) is 0. The lowest BCUT2D eigenvalue weighted by Crippen LogP contribution is -2.27. The molecule has 112 valence electrons. The average Bonchev–Trinajstić information content (AvgIpc) is 2.74. The van der Waals surface area contributed by atoms with Crippen LogP contribution in [0.2, 0.25) is 0 Å². The van der Waals surface area contributed by atoms with Gasteiger partial charge in [0.05, 0.1) is 11.3 Å². The molecule has 0 aliphatic carbocycles. The lowest BCUT2D eigenvalue weighted by atomic mass is 10.1. The van der Waals surface area contributed by atoms with Gasteiger partial charge in [-0.2, -0.15) is 5.10 Å². The van der Waals surface area contributed by atoms with Crippen molar-refractivity contribution in [3.8, 4) is 0 Å². The summed E-state index contributed by atoms with van der Waals surface area (Å²) in [7, 11) is 1.82. The fourth-order valence-electron chi connectivity index (χ4n) is 2.42. The van der Waals surface area contributed by atoms with Gasteiger partial charge in [0.2, 0.25) is 0 Å². The van der Waals surface area contributed by atoms with Gasteiger partial charge in [0.1, 0.15) is 0 Å². The van der Waals surface area contributed by atoms with E-state index in [1.165, 1.54) is 0 Å². The zero-order valence-electron chi connectivity index (χ0n) is 12.9. The number of aryl methyl sites for hydroxylation is 2. The minimum atomic E-state index is 0.00511. The molecule has 0 radical (unpaired) electrons. The number of carbonyl (C=O) groups excluding carboxylic acids is 1. The van der Waals surface area contributed by atoms with Crippen LogP contribution in [0.4, 0.5) is 0 Å². The molecule has 0 unspecified atom stereocenters. The van der Waals surface area contributed by atoms with E-state index in [0.29, 0.717) is 12.1 Å². The van der Waals surface area contributed by atoms with Gasteiger partial charge >= 0.3 is 0 Å². The van der Waals surface area contributed by atoms with Crippen LogP contribution in [0.1, 0.15) is 34.2 Å². The Labute approximate surface area is 133 Å². The van der Waals surface area contributed by atoms with E-state index >= 15 is 0 Å². The first-order valence-electron chi connectivity index (χ1n) is 6.98. The average molecular weight is 350 g/mol. The number of aromatic nitrogens is 2. The predicted molar refractivity (Wildman–Crippen MR) is 87.3 cm³/mol. The van der Waals surface area contributed by atoms with Gasteiger partial charge in [0.15, 0.2) is 0 Å². The van der Waals surface area contributed by atoms with Crippen molar-refractivity contribution >= 4 is 21.8 Å². The molecule has 0 bridgehead atoms. The third-order valence-electron chi connectivity index (χ3n) is 3.68. The molecule has 0 atom stereocenters. The maximum atomic E-state index is 12.5. The molecule has 5 heteroatoms. The molecule has 1 aromatic heterocycles. The zero-order chi connectivity index (χ0) is 15.6. The SMILES string of the molecule is CCn1nc(C)c(CN(C)C(=O)c2ccccc2Br)c1C. The summed E-state index contributed by atoms with van der Waals surface area (Å²) in [5.41, 5.74) is 3.92. The lowest BCUT2D eigenvalue weighted by Gasteiger charge is -2.18. The normalized spacial score (nSPS) is 10.7. The van der Waals surface area contributed by atoms with Gasteiger partial charge in [-0.25, -0.2) is 0 Å². The van der Waals surface area contributed by atoms with Crippen LogP contribution in [0.15, 0.2) is 28.7 Å². The Hall–Kier alpha value is -1.62. The summed E-state index contributed by atoms with van der Waals surface area (Å²) in [6, 6.07) is 7.49. The highest BCUT2D eigenvalue weighted by atomic mass is 79.9. The molecule has 0 spiro atoms. The van der Waals surface area contributed by atoms with Gasteiger partial charge in [-0.05, 0) is 48.8 Å². The first-order valence-corrected chi connectivity index (χ1v) is 7.77. The highest BCUT2D eigenvalue weighted by molar-refractivity contribution is 9.10. The summed E-state index contributed by atoms with van der Waals surface area (Å²) in [6.45, 7) is 7.52. The maximum Gasteiger partial charge on any atom is 0.255 e.